The summed E-state index contributed by atoms with van der Waals surface area (Å²) in [6, 6.07) is 10.2. The molecule has 1 amide bonds. The summed E-state index contributed by atoms with van der Waals surface area (Å²) in [6.45, 7) is 7.46. The molecule has 2 atom stereocenters. The first-order valence-electron chi connectivity index (χ1n) is 9.47. The number of nitrogens with zero attached hydrogens (tertiary/aromatic N) is 3. The Kier molecular flexibility index (Phi) is 5.04. The number of carbonyl (C=O) groups excluding carboxylic acids is 1. The average Bonchev–Trinajstić information content (AvgIpc) is 3.21. The predicted octanol–water partition coefficient (Wildman–Crippen LogP) is 1.72. The minimum Gasteiger partial charge on any atom is -0.316 e. The highest BCUT2D eigenvalue weighted by atomic mass is 16.2. The zero-order valence-corrected chi connectivity index (χ0v) is 15.3. The number of fused-ring (bicyclic) bond motifs is 1. The number of benzene rings is 1. The van der Waals surface area contributed by atoms with Gasteiger partial charge in [-0.1, -0.05) is 29.8 Å². The van der Waals surface area contributed by atoms with Crippen molar-refractivity contribution >= 4 is 11.7 Å². The van der Waals surface area contributed by atoms with E-state index in [0.717, 1.165) is 37.9 Å². The van der Waals surface area contributed by atoms with Gasteiger partial charge in [-0.05, 0) is 43.8 Å². The Bertz CT molecular complexity index is 757. The van der Waals surface area contributed by atoms with Gasteiger partial charge in [0.25, 0.3) is 0 Å². The summed E-state index contributed by atoms with van der Waals surface area (Å²) < 4.78 is 1.85. The summed E-state index contributed by atoms with van der Waals surface area (Å²) in [6.07, 6.45) is 2.97. The summed E-state index contributed by atoms with van der Waals surface area (Å²) >= 11 is 0. The van der Waals surface area contributed by atoms with Gasteiger partial charge in [-0.15, -0.1) is 0 Å². The van der Waals surface area contributed by atoms with Crippen LogP contribution in [0.15, 0.2) is 36.5 Å². The second-order valence-corrected chi connectivity index (χ2v) is 7.62. The van der Waals surface area contributed by atoms with Crippen LogP contribution in [-0.2, 0) is 11.3 Å². The molecular formula is C20H27N5O. The van der Waals surface area contributed by atoms with Crippen molar-refractivity contribution in [2.24, 2.45) is 11.8 Å². The molecule has 26 heavy (non-hydrogen) atoms. The molecule has 4 rings (SSSR count). The Labute approximate surface area is 154 Å². The third-order valence-corrected chi connectivity index (χ3v) is 5.52. The summed E-state index contributed by atoms with van der Waals surface area (Å²) in [7, 11) is 0. The summed E-state index contributed by atoms with van der Waals surface area (Å²) in [5.74, 6) is 2.25. The standard InChI is InChI=1S/C20H27N5O/c1-15-3-2-4-16(9-15)11-25-19(6-8-22-25)23-20(26)14-24-12-17-5-7-21-10-18(17)13-24/h2-4,6,8-9,17-18,21H,5,7,10-14H2,1H3,(H,23,26)/t17-,18+/m0/s1. The average molecular weight is 353 g/mol. The van der Waals surface area contributed by atoms with Gasteiger partial charge in [-0.2, -0.15) is 5.10 Å². The van der Waals surface area contributed by atoms with Crippen molar-refractivity contribution in [3.05, 3.63) is 47.7 Å². The van der Waals surface area contributed by atoms with Crippen LogP contribution in [0.1, 0.15) is 17.5 Å². The van der Waals surface area contributed by atoms with Crippen molar-refractivity contribution in [3.8, 4) is 0 Å². The molecule has 0 aliphatic carbocycles. The molecule has 2 aromatic rings. The molecule has 0 saturated carbocycles. The maximum atomic E-state index is 12.5. The van der Waals surface area contributed by atoms with Crippen LogP contribution in [0.4, 0.5) is 5.82 Å². The lowest BCUT2D eigenvalue weighted by Gasteiger charge is -2.24. The van der Waals surface area contributed by atoms with E-state index in [0.29, 0.717) is 19.0 Å². The van der Waals surface area contributed by atoms with E-state index < -0.39 is 0 Å². The van der Waals surface area contributed by atoms with Crippen LogP contribution in [0.5, 0.6) is 0 Å². The number of likely N-dealkylation sites (tertiary alicyclic amines) is 1. The number of aromatic nitrogens is 2. The molecule has 2 fully saturated rings. The molecule has 3 heterocycles. The van der Waals surface area contributed by atoms with Gasteiger partial charge in [0.05, 0.1) is 19.3 Å². The van der Waals surface area contributed by atoms with Crippen LogP contribution in [0.2, 0.25) is 0 Å². The van der Waals surface area contributed by atoms with Gasteiger partial charge in [-0.3, -0.25) is 9.69 Å². The Hall–Kier alpha value is -2.18. The monoisotopic (exact) mass is 353 g/mol. The first kappa shape index (κ1) is 17.2. The zero-order chi connectivity index (χ0) is 17.9. The summed E-state index contributed by atoms with van der Waals surface area (Å²) in [4.78, 5) is 14.8. The summed E-state index contributed by atoms with van der Waals surface area (Å²) in [5.41, 5.74) is 2.41. The second kappa shape index (κ2) is 7.60. The topological polar surface area (TPSA) is 62.2 Å². The molecule has 2 aliphatic heterocycles. The lowest BCUT2D eigenvalue weighted by molar-refractivity contribution is -0.117. The molecular weight excluding hydrogens is 326 g/mol. The third kappa shape index (κ3) is 3.97. The fourth-order valence-corrected chi connectivity index (χ4v) is 4.23. The quantitative estimate of drug-likeness (QED) is 0.859. The van der Waals surface area contributed by atoms with Crippen molar-refractivity contribution in [3.63, 3.8) is 0 Å². The SMILES string of the molecule is Cc1cccc(Cn2nccc2NC(=O)CN2C[C@H]3CNCC[C@H]3C2)c1. The number of aryl methyl sites for hydroxylation is 1. The Balaban J connectivity index is 1.34. The van der Waals surface area contributed by atoms with Crippen LogP contribution < -0.4 is 10.6 Å². The number of anilines is 1. The summed E-state index contributed by atoms with van der Waals surface area (Å²) in [5, 5.41) is 10.9. The van der Waals surface area contributed by atoms with Crippen LogP contribution >= 0.6 is 0 Å². The van der Waals surface area contributed by atoms with Crippen LogP contribution in [-0.4, -0.2) is 53.3 Å². The minimum atomic E-state index is 0.0441. The smallest absolute Gasteiger partial charge is 0.239 e. The molecule has 2 saturated heterocycles. The van der Waals surface area contributed by atoms with E-state index in [1.54, 1.807) is 6.20 Å². The highest BCUT2D eigenvalue weighted by Crippen LogP contribution is 2.27. The van der Waals surface area contributed by atoms with E-state index in [9.17, 15) is 4.79 Å². The maximum absolute atomic E-state index is 12.5. The molecule has 6 heteroatoms. The van der Waals surface area contributed by atoms with Gasteiger partial charge in [0.15, 0.2) is 0 Å². The van der Waals surface area contributed by atoms with Crippen molar-refractivity contribution in [2.45, 2.75) is 19.9 Å². The molecule has 0 unspecified atom stereocenters. The highest BCUT2D eigenvalue weighted by Gasteiger charge is 2.34. The van der Waals surface area contributed by atoms with E-state index in [1.807, 2.05) is 16.8 Å². The van der Waals surface area contributed by atoms with Gasteiger partial charge in [0.1, 0.15) is 5.82 Å². The molecule has 1 aromatic carbocycles. The first-order chi connectivity index (χ1) is 12.7. The molecule has 0 spiro atoms. The Morgan fingerprint density at radius 3 is 3.04 bits per heavy atom. The van der Waals surface area contributed by atoms with Crippen LogP contribution in [0, 0.1) is 18.8 Å². The zero-order valence-electron chi connectivity index (χ0n) is 15.3. The predicted molar refractivity (Wildman–Crippen MR) is 102 cm³/mol. The molecule has 6 nitrogen and oxygen atoms in total. The number of rotatable bonds is 5. The normalized spacial score (nSPS) is 23.0. The van der Waals surface area contributed by atoms with Crippen molar-refractivity contribution in [2.75, 3.05) is 38.0 Å². The number of nitrogens with one attached hydrogen (secondary N) is 2. The van der Waals surface area contributed by atoms with E-state index in [4.69, 9.17) is 0 Å². The van der Waals surface area contributed by atoms with Crippen molar-refractivity contribution in [1.82, 2.24) is 20.0 Å². The Morgan fingerprint density at radius 2 is 2.19 bits per heavy atom. The van der Waals surface area contributed by atoms with E-state index in [2.05, 4.69) is 45.8 Å². The minimum absolute atomic E-state index is 0.0441. The molecule has 0 bridgehead atoms. The first-order valence-corrected chi connectivity index (χ1v) is 9.47. The van der Waals surface area contributed by atoms with Gasteiger partial charge < -0.3 is 10.6 Å². The lowest BCUT2D eigenvalue weighted by atomic mass is 9.90. The molecule has 0 radical (unpaired) electrons. The van der Waals surface area contributed by atoms with Gasteiger partial charge in [0, 0.05) is 19.2 Å². The number of amides is 1. The Morgan fingerprint density at radius 1 is 1.31 bits per heavy atom. The van der Waals surface area contributed by atoms with E-state index in [1.165, 1.54) is 17.5 Å². The molecule has 2 aliphatic rings. The van der Waals surface area contributed by atoms with Crippen LogP contribution in [0.25, 0.3) is 0 Å². The van der Waals surface area contributed by atoms with Crippen molar-refractivity contribution in [1.29, 1.82) is 0 Å². The van der Waals surface area contributed by atoms with Gasteiger partial charge in [0.2, 0.25) is 5.91 Å². The third-order valence-electron chi connectivity index (χ3n) is 5.52. The number of piperidine rings is 1. The van der Waals surface area contributed by atoms with E-state index in [-0.39, 0.29) is 5.91 Å². The van der Waals surface area contributed by atoms with Gasteiger partial charge in [-0.25, -0.2) is 4.68 Å². The molecule has 138 valence electrons. The second-order valence-electron chi connectivity index (χ2n) is 7.62. The van der Waals surface area contributed by atoms with E-state index >= 15 is 0 Å². The molecule has 2 N–H and O–H groups in total. The fourth-order valence-electron chi connectivity index (χ4n) is 4.23. The van der Waals surface area contributed by atoms with Crippen molar-refractivity contribution < 1.29 is 4.79 Å². The largest absolute Gasteiger partial charge is 0.316 e. The number of carbonyl (C=O) groups is 1. The lowest BCUT2D eigenvalue weighted by Crippen LogP contribution is -2.35. The number of hydrogen-bond donors (Lipinski definition) is 2. The number of hydrogen-bond acceptors (Lipinski definition) is 4. The maximum Gasteiger partial charge on any atom is 0.239 e. The van der Waals surface area contributed by atoms with Gasteiger partial charge >= 0.3 is 0 Å². The fraction of sp³-hybridized carbons (Fsp3) is 0.500. The molecule has 1 aromatic heterocycles. The van der Waals surface area contributed by atoms with Crippen LogP contribution in [0.3, 0.4) is 0 Å². The highest BCUT2D eigenvalue weighted by molar-refractivity contribution is 5.91.